The zero-order chi connectivity index (χ0) is 9.26. The number of carbonyl (C=O) groups excluding carboxylic acids is 1. The van der Waals surface area contributed by atoms with Crippen LogP contribution in [0.4, 0.5) is 0 Å². The summed E-state index contributed by atoms with van der Waals surface area (Å²) in [6, 6.07) is 0. The van der Waals surface area contributed by atoms with Crippen molar-refractivity contribution in [2.24, 2.45) is 0 Å². The van der Waals surface area contributed by atoms with Gasteiger partial charge >= 0.3 is 5.97 Å². The van der Waals surface area contributed by atoms with Gasteiger partial charge in [0, 0.05) is 6.92 Å². The van der Waals surface area contributed by atoms with E-state index in [4.69, 9.17) is 9.47 Å². The molecule has 2 saturated heterocycles. The van der Waals surface area contributed by atoms with Gasteiger partial charge in [-0.25, -0.2) is 0 Å². The van der Waals surface area contributed by atoms with Crippen molar-refractivity contribution in [2.45, 2.75) is 57.3 Å². The van der Waals surface area contributed by atoms with E-state index in [1.165, 1.54) is 6.92 Å². The monoisotopic (exact) mass is 184 g/mol. The molecule has 3 nitrogen and oxygen atoms in total. The first-order chi connectivity index (χ1) is 6.25. The molecule has 0 N–H and O–H groups in total. The van der Waals surface area contributed by atoms with Crippen molar-refractivity contribution in [3.05, 3.63) is 0 Å². The van der Waals surface area contributed by atoms with Crippen molar-refractivity contribution in [2.75, 3.05) is 0 Å². The molecule has 0 aromatic rings. The molecule has 0 amide bonds. The van der Waals surface area contributed by atoms with E-state index < -0.39 is 0 Å². The van der Waals surface area contributed by atoms with E-state index in [9.17, 15) is 4.79 Å². The van der Waals surface area contributed by atoms with Crippen LogP contribution in [-0.4, -0.2) is 24.3 Å². The van der Waals surface area contributed by atoms with E-state index in [1.54, 1.807) is 0 Å². The van der Waals surface area contributed by atoms with Crippen LogP contribution in [0.1, 0.15) is 39.0 Å². The Morgan fingerprint density at radius 3 is 2.92 bits per heavy atom. The lowest BCUT2D eigenvalue weighted by molar-refractivity contribution is -0.153. The van der Waals surface area contributed by atoms with Crippen LogP contribution < -0.4 is 0 Å². The van der Waals surface area contributed by atoms with Gasteiger partial charge in [-0.15, -0.1) is 0 Å². The summed E-state index contributed by atoms with van der Waals surface area (Å²) < 4.78 is 11.0. The summed E-state index contributed by atoms with van der Waals surface area (Å²) in [5.74, 6) is -0.182. The minimum absolute atomic E-state index is 0.0185. The molecule has 0 saturated carbocycles. The first-order valence-electron chi connectivity index (χ1n) is 5.08. The number of rotatable bonds is 1. The van der Waals surface area contributed by atoms with Gasteiger partial charge in [-0.1, -0.05) is 0 Å². The summed E-state index contributed by atoms with van der Waals surface area (Å²) in [6.07, 6.45) is 6.06. The number of hydrogen-bond acceptors (Lipinski definition) is 3. The topological polar surface area (TPSA) is 35.5 Å². The van der Waals surface area contributed by atoms with E-state index >= 15 is 0 Å². The summed E-state index contributed by atoms with van der Waals surface area (Å²) >= 11 is 0. The first-order valence-corrected chi connectivity index (χ1v) is 5.08. The lowest BCUT2D eigenvalue weighted by Crippen LogP contribution is -2.29. The first kappa shape index (κ1) is 9.00. The molecule has 2 fully saturated rings. The number of hydrogen-bond donors (Lipinski definition) is 0. The van der Waals surface area contributed by atoms with Crippen molar-refractivity contribution in [3.8, 4) is 0 Å². The SMILES string of the molecule is CC(=O)O[C@H]1CCC[C@@H]2CC[C@H]1O2. The number of fused-ring (bicyclic) bond motifs is 2. The van der Waals surface area contributed by atoms with Gasteiger partial charge in [0.25, 0.3) is 0 Å². The maximum Gasteiger partial charge on any atom is 0.302 e. The molecule has 2 bridgehead atoms. The van der Waals surface area contributed by atoms with Gasteiger partial charge in [-0.2, -0.15) is 0 Å². The third-order valence-corrected chi connectivity index (χ3v) is 2.89. The highest BCUT2D eigenvalue weighted by atomic mass is 16.6. The second-order valence-corrected chi connectivity index (χ2v) is 3.95. The van der Waals surface area contributed by atoms with Crippen LogP contribution in [0.2, 0.25) is 0 Å². The standard InChI is InChI=1S/C10H16O3/c1-7(11)12-9-4-2-3-8-5-6-10(9)13-8/h8-10H,2-6H2,1H3/t8-,9+,10-/m1/s1. The minimum atomic E-state index is -0.182. The quantitative estimate of drug-likeness (QED) is 0.581. The van der Waals surface area contributed by atoms with Gasteiger partial charge in [0.05, 0.1) is 12.2 Å². The highest BCUT2D eigenvalue weighted by Crippen LogP contribution is 2.32. The predicted octanol–water partition coefficient (Wildman–Crippen LogP) is 1.65. The smallest absolute Gasteiger partial charge is 0.302 e. The molecule has 0 unspecified atom stereocenters. The van der Waals surface area contributed by atoms with Gasteiger partial charge in [-0.3, -0.25) is 4.79 Å². The fraction of sp³-hybridized carbons (Fsp3) is 0.900. The Balaban J connectivity index is 1.97. The van der Waals surface area contributed by atoms with Crippen LogP contribution in [0.3, 0.4) is 0 Å². The van der Waals surface area contributed by atoms with Crippen LogP contribution in [0.15, 0.2) is 0 Å². The molecule has 0 aromatic heterocycles. The van der Waals surface area contributed by atoms with Gasteiger partial charge in [0.15, 0.2) is 0 Å². The molecular formula is C10H16O3. The van der Waals surface area contributed by atoms with Crippen molar-refractivity contribution in [1.82, 2.24) is 0 Å². The van der Waals surface area contributed by atoms with Crippen molar-refractivity contribution in [1.29, 1.82) is 0 Å². The molecule has 0 aromatic carbocycles. The molecule has 2 aliphatic heterocycles. The van der Waals surface area contributed by atoms with Gasteiger partial charge < -0.3 is 9.47 Å². The molecule has 13 heavy (non-hydrogen) atoms. The molecule has 3 heteroatoms. The molecule has 2 heterocycles. The lowest BCUT2D eigenvalue weighted by Gasteiger charge is -2.20. The molecule has 0 radical (unpaired) electrons. The Kier molecular flexibility index (Phi) is 2.54. The average molecular weight is 184 g/mol. The maximum absolute atomic E-state index is 10.8. The molecular weight excluding hydrogens is 168 g/mol. The maximum atomic E-state index is 10.8. The molecule has 3 atom stereocenters. The summed E-state index contributed by atoms with van der Waals surface area (Å²) in [5.41, 5.74) is 0. The van der Waals surface area contributed by atoms with Crippen molar-refractivity contribution in [3.63, 3.8) is 0 Å². The summed E-state index contributed by atoms with van der Waals surface area (Å²) in [6.45, 7) is 1.47. The van der Waals surface area contributed by atoms with E-state index in [2.05, 4.69) is 0 Å². The zero-order valence-electron chi connectivity index (χ0n) is 7.99. The average Bonchev–Trinajstić information content (AvgIpc) is 2.40. The molecule has 0 spiro atoms. The fourth-order valence-corrected chi connectivity index (χ4v) is 2.30. The fourth-order valence-electron chi connectivity index (χ4n) is 2.30. The van der Waals surface area contributed by atoms with Crippen LogP contribution in [-0.2, 0) is 14.3 Å². The summed E-state index contributed by atoms with van der Waals surface area (Å²) in [5, 5.41) is 0. The van der Waals surface area contributed by atoms with Crippen LogP contribution in [0, 0.1) is 0 Å². The van der Waals surface area contributed by atoms with Gasteiger partial charge in [0.1, 0.15) is 6.10 Å². The molecule has 0 aliphatic carbocycles. The number of carbonyl (C=O) groups is 1. The van der Waals surface area contributed by atoms with Gasteiger partial charge in [-0.05, 0) is 32.1 Å². The van der Waals surface area contributed by atoms with Crippen LogP contribution in [0.25, 0.3) is 0 Å². The number of esters is 1. The Labute approximate surface area is 78.4 Å². The van der Waals surface area contributed by atoms with E-state index in [0.717, 1.165) is 32.1 Å². The summed E-state index contributed by atoms with van der Waals surface area (Å²) in [4.78, 5) is 10.8. The minimum Gasteiger partial charge on any atom is -0.460 e. The van der Waals surface area contributed by atoms with Gasteiger partial charge in [0.2, 0.25) is 0 Å². The Morgan fingerprint density at radius 2 is 2.15 bits per heavy atom. The normalized spacial score (nSPS) is 38.4. The van der Waals surface area contributed by atoms with Crippen molar-refractivity contribution < 1.29 is 14.3 Å². The Morgan fingerprint density at radius 1 is 1.31 bits per heavy atom. The van der Waals surface area contributed by atoms with E-state index in [0.29, 0.717) is 6.10 Å². The Bertz CT molecular complexity index is 202. The van der Waals surface area contributed by atoms with Crippen LogP contribution in [0.5, 0.6) is 0 Å². The molecule has 2 aliphatic rings. The Hall–Kier alpha value is -0.570. The van der Waals surface area contributed by atoms with E-state index in [1.807, 2.05) is 0 Å². The highest BCUT2D eigenvalue weighted by Gasteiger charge is 2.35. The second kappa shape index (κ2) is 3.66. The van der Waals surface area contributed by atoms with E-state index in [-0.39, 0.29) is 18.2 Å². The third-order valence-electron chi connectivity index (χ3n) is 2.89. The molecule has 2 rings (SSSR count). The zero-order valence-corrected chi connectivity index (χ0v) is 7.99. The largest absolute Gasteiger partial charge is 0.460 e. The summed E-state index contributed by atoms with van der Waals surface area (Å²) in [7, 11) is 0. The third kappa shape index (κ3) is 2.02. The van der Waals surface area contributed by atoms with Crippen molar-refractivity contribution >= 4 is 5.97 Å². The second-order valence-electron chi connectivity index (χ2n) is 3.95. The predicted molar refractivity (Wildman–Crippen MR) is 47.3 cm³/mol. The number of ether oxygens (including phenoxy) is 2. The highest BCUT2D eigenvalue weighted by molar-refractivity contribution is 5.66. The van der Waals surface area contributed by atoms with Crippen LogP contribution >= 0.6 is 0 Å². The molecule has 74 valence electrons. The lowest BCUT2D eigenvalue weighted by atomic mass is 9.99.